The molecule has 6 heteroatoms. The van der Waals surface area contributed by atoms with Gasteiger partial charge in [0.1, 0.15) is 11.5 Å². The summed E-state index contributed by atoms with van der Waals surface area (Å²) in [5.74, 6) is 0.848. The van der Waals surface area contributed by atoms with E-state index in [9.17, 15) is 9.59 Å². The van der Waals surface area contributed by atoms with Crippen molar-refractivity contribution in [2.45, 2.75) is 18.9 Å². The predicted octanol–water partition coefficient (Wildman–Crippen LogP) is 3.25. The largest absolute Gasteiger partial charge is 0.497 e. The van der Waals surface area contributed by atoms with E-state index in [-0.39, 0.29) is 11.8 Å². The van der Waals surface area contributed by atoms with Gasteiger partial charge < -0.3 is 20.1 Å². The van der Waals surface area contributed by atoms with Crippen LogP contribution in [0.15, 0.2) is 48.5 Å². The number of anilines is 1. The van der Waals surface area contributed by atoms with Gasteiger partial charge in [0.2, 0.25) is 5.91 Å². The van der Waals surface area contributed by atoms with Gasteiger partial charge >= 0.3 is 0 Å². The molecule has 0 heterocycles. The number of methoxy groups -OCH3 is 2. The van der Waals surface area contributed by atoms with Crippen LogP contribution in [0.1, 0.15) is 28.8 Å². The summed E-state index contributed by atoms with van der Waals surface area (Å²) in [5, 5.41) is 5.71. The molecule has 3 rings (SSSR count). The molecule has 1 aliphatic rings. The number of amides is 2. The second-order valence-corrected chi connectivity index (χ2v) is 6.29. The predicted molar refractivity (Wildman–Crippen MR) is 104 cm³/mol. The van der Waals surface area contributed by atoms with Crippen LogP contribution in [-0.4, -0.2) is 32.1 Å². The Kier molecular flexibility index (Phi) is 5.76. The van der Waals surface area contributed by atoms with Gasteiger partial charge in [0.25, 0.3) is 5.91 Å². The van der Waals surface area contributed by atoms with E-state index in [0.717, 1.165) is 18.4 Å². The summed E-state index contributed by atoms with van der Waals surface area (Å²) in [4.78, 5) is 24.1. The molecule has 0 spiro atoms. The fraction of sp³-hybridized carbons (Fsp3) is 0.238. The van der Waals surface area contributed by atoms with Gasteiger partial charge in [-0.2, -0.15) is 0 Å². The molecule has 0 atom stereocenters. The minimum absolute atomic E-state index is 0.0576. The number of benzene rings is 2. The number of hydrogen-bond acceptors (Lipinski definition) is 4. The third-order valence-electron chi connectivity index (χ3n) is 4.13. The van der Waals surface area contributed by atoms with Crippen molar-refractivity contribution in [3.63, 3.8) is 0 Å². The fourth-order valence-corrected chi connectivity index (χ4v) is 2.48. The van der Waals surface area contributed by atoms with Crippen molar-refractivity contribution in [3.05, 3.63) is 59.7 Å². The molecule has 6 nitrogen and oxygen atoms in total. The number of ether oxygens (including phenoxy) is 2. The number of nitrogens with one attached hydrogen (secondary N) is 2. The zero-order chi connectivity index (χ0) is 19.2. The molecule has 0 bridgehead atoms. The van der Waals surface area contributed by atoms with E-state index < -0.39 is 0 Å². The van der Waals surface area contributed by atoms with Gasteiger partial charge in [-0.05, 0) is 36.6 Å². The highest BCUT2D eigenvalue weighted by atomic mass is 16.5. The number of hydrogen-bond donors (Lipinski definition) is 2. The number of rotatable bonds is 7. The standard InChI is InChI=1S/C21H22N2O4/c1-26-18-11-17(12-19(13-18)27-2)22-20(24)10-5-14-3-6-15(7-4-14)21(25)23-16-8-9-16/h3-7,10-13,16H,8-9H2,1-2H3,(H,22,24)(H,23,25)/b10-5+. The van der Waals surface area contributed by atoms with Gasteiger partial charge in [-0.1, -0.05) is 12.1 Å². The number of carbonyl (C=O) groups is 2. The van der Waals surface area contributed by atoms with Gasteiger partial charge in [-0.15, -0.1) is 0 Å². The highest BCUT2D eigenvalue weighted by Gasteiger charge is 2.23. The highest BCUT2D eigenvalue weighted by molar-refractivity contribution is 6.02. The molecule has 140 valence electrons. The number of carbonyl (C=O) groups excluding carboxylic acids is 2. The summed E-state index contributed by atoms with van der Waals surface area (Å²) < 4.78 is 10.4. The van der Waals surface area contributed by atoms with Crippen LogP contribution in [0.2, 0.25) is 0 Å². The van der Waals surface area contributed by atoms with Crippen LogP contribution >= 0.6 is 0 Å². The first-order valence-electron chi connectivity index (χ1n) is 8.70. The Labute approximate surface area is 158 Å². The molecule has 2 aromatic rings. The minimum Gasteiger partial charge on any atom is -0.497 e. The van der Waals surface area contributed by atoms with Crippen LogP contribution < -0.4 is 20.1 Å². The van der Waals surface area contributed by atoms with E-state index in [1.54, 1.807) is 62.8 Å². The van der Waals surface area contributed by atoms with Crippen molar-refractivity contribution in [1.29, 1.82) is 0 Å². The lowest BCUT2D eigenvalue weighted by Gasteiger charge is -2.08. The van der Waals surface area contributed by atoms with Gasteiger partial charge in [-0.3, -0.25) is 9.59 Å². The van der Waals surface area contributed by atoms with Crippen LogP contribution in [0, 0.1) is 0 Å². The highest BCUT2D eigenvalue weighted by Crippen LogP contribution is 2.25. The topological polar surface area (TPSA) is 76.7 Å². The quantitative estimate of drug-likeness (QED) is 0.738. The summed E-state index contributed by atoms with van der Waals surface area (Å²) in [7, 11) is 3.10. The zero-order valence-electron chi connectivity index (χ0n) is 15.3. The first kappa shape index (κ1) is 18.5. The SMILES string of the molecule is COc1cc(NC(=O)/C=C/c2ccc(C(=O)NC3CC3)cc2)cc(OC)c1. The van der Waals surface area contributed by atoms with Gasteiger partial charge in [-0.25, -0.2) is 0 Å². The molecule has 2 aromatic carbocycles. The second kappa shape index (κ2) is 8.40. The molecular formula is C21H22N2O4. The van der Waals surface area contributed by atoms with Crippen molar-refractivity contribution in [3.8, 4) is 11.5 Å². The molecule has 1 saturated carbocycles. The van der Waals surface area contributed by atoms with E-state index in [0.29, 0.717) is 28.8 Å². The molecule has 0 unspecified atom stereocenters. The van der Waals surface area contributed by atoms with Crippen molar-refractivity contribution in [2.24, 2.45) is 0 Å². The molecule has 1 aliphatic carbocycles. The summed E-state index contributed by atoms with van der Waals surface area (Å²) >= 11 is 0. The molecule has 0 aliphatic heterocycles. The third-order valence-corrected chi connectivity index (χ3v) is 4.13. The summed E-state index contributed by atoms with van der Waals surface area (Å²) in [5.41, 5.74) is 2.02. The Bertz CT molecular complexity index is 833. The molecule has 1 fully saturated rings. The Morgan fingerprint density at radius 1 is 1.00 bits per heavy atom. The Balaban J connectivity index is 1.60. The van der Waals surface area contributed by atoms with Gasteiger partial charge in [0, 0.05) is 41.6 Å². The lowest BCUT2D eigenvalue weighted by molar-refractivity contribution is -0.111. The Morgan fingerprint density at radius 3 is 2.19 bits per heavy atom. The van der Waals surface area contributed by atoms with Crippen molar-refractivity contribution in [1.82, 2.24) is 5.32 Å². The lowest BCUT2D eigenvalue weighted by atomic mass is 10.1. The average molecular weight is 366 g/mol. The Hall–Kier alpha value is -3.28. The second-order valence-electron chi connectivity index (χ2n) is 6.29. The maximum atomic E-state index is 12.1. The van der Waals surface area contributed by atoms with Crippen LogP contribution in [0.4, 0.5) is 5.69 Å². The maximum Gasteiger partial charge on any atom is 0.251 e. The van der Waals surface area contributed by atoms with Gasteiger partial charge in [0.15, 0.2) is 0 Å². The first-order valence-corrected chi connectivity index (χ1v) is 8.70. The van der Waals surface area contributed by atoms with Crippen molar-refractivity contribution < 1.29 is 19.1 Å². The van der Waals surface area contributed by atoms with E-state index in [4.69, 9.17) is 9.47 Å². The minimum atomic E-state index is -0.277. The smallest absolute Gasteiger partial charge is 0.251 e. The van der Waals surface area contributed by atoms with Crippen molar-refractivity contribution in [2.75, 3.05) is 19.5 Å². The zero-order valence-corrected chi connectivity index (χ0v) is 15.3. The van der Waals surface area contributed by atoms with Crippen LogP contribution in [0.3, 0.4) is 0 Å². The van der Waals surface area contributed by atoms with E-state index in [2.05, 4.69) is 10.6 Å². The van der Waals surface area contributed by atoms with Crippen LogP contribution in [-0.2, 0) is 4.79 Å². The molecular weight excluding hydrogens is 344 g/mol. The van der Waals surface area contributed by atoms with Crippen molar-refractivity contribution >= 4 is 23.6 Å². The normalized spacial score (nSPS) is 13.3. The molecule has 0 radical (unpaired) electrons. The lowest BCUT2D eigenvalue weighted by Crippen LogP contribution is -2.25. The molecule has 27 heavy (non-hydrogen) atoms. The third kappa shape index (κ3) is 5.34. The van der Waals surface area contributed by atoms with E-state index in [1.165, 1.54) is 6.08 Å². The fourth-order valence-electron chi connectivity index (χ4n) is 2.48. The monoisotopic (exact) mass is 366 g/mol. The first-order chi connectivity index (χ1) is 13.1. The van der Waals surface area contributed by atoms with Crippen LogP contribution in [0.25, 0.3) is 6.08 Å². The van der Waals surface area contributed by atoms with Crippen LogP contribution in [0.5, 0.6) is 11.5 Å². The Morgan fingerprint density at radius 2 is 1.63 bits per heavy atom. The van der Waals surface area contributed by atoms with E-state index in [1.807, 2.05) is 0 Å². The maximum absolute atomic E-state index is 12.1. The summed E-state index contributed by atoms with van der Waals surface area (Å²) in [6.07, 6.45) is 5.24. The molecule has 2 amide bonds. The molecule has 0 aromatic heterocycles. The van der Waals surface area contributed by atoms with E-state index >= 15 is 0 Å². The molecule has 0 saturated heterocycles. The van der Waals surface area contributed by atoms with Gasteiger partial charge in [0.05, 0.1) is 14.2 Å². The summed E-state index contributed by atoms with van der Waals surface area (Å²) in [6.45, 7) is 0. The molecule has 2 N–H and O–H groups in total. The average Bonchev–Trinajstić information content (AvgIpc) is 3.50. The summed E-state index contributed by atoms with van der Waals surface area (Å²) in [6, 6.07) is 12.6.